The summed E-state index contributed by atoms with van der Waals surface area (Å²) in [6.07, 6.45) is 1.11. The fourth-order valence-corrected chi connectivity index (χ4v) is 2.71. The number of aromatic nitrogens is 3. The molecule has 0 saturated carbocycles. The second-order valence-corrected chi connectivity index (χ2v) is 5.10. The molecule has 20 heavy (non-hydrogen) atoms. The summed E-state index contributed by atoms with van der Waals surface area (Å²) in [7, 11) is 0. The van der Waals surface area contributed by atoms with E-state index in [-0.39, 0.29) is 5.56 Å². The van der Waals surface area contributed by atoms with Crippen LogP contribution in [0.2, 0.25) is 0 Å². The predicted octanol–water partition coefficient (Wildman–Crippen LogP) is 0.433. The van der Waals surface area contributed by atoms with E-state index < -0.39 is 0 Å². The maximum atomic E-state index is 12.4. The molecule has 6 nitrogen and oxygen atoms in total. The summed E-state index contributed by atoms with van der Waals surface area (Å²) in [5, 5.41) is 12.2. The Balaban J connectivity index is 1.90. The molecule has 0 spiro atoms. The van der Waals surface area contributed by atoms with Crippen LogP contribution >= 0.6 is 0 Å². The standard InChI is InChI=1S/C14H19N5O/c1-2-18(11-7-8-15-9-11)10-19-14(20)12-5-3-4-6-13(12)16-17-19/h3-6,11,15H,2,7-10H2,1H3. The maximum absolute atomic E-state index is 12.4. The molecule has 1 atom stereocenters. The molecular weight excluding hydrogens is 254 g/mol. The highest BCUT2D eigenvalue weighted by molar-refractivity contribution is 5.76. The van der Waals surface area contributed by atoms with E-state index in [1.165, 1.54) is 4.68 Å². The minimum absolute atomic E-state index is 0.0694. The third-order valence-electron chi connectivity index (χ3n) is 3.90. The zero-order valence-electron chi connectivity index (χ0n) is 11.6. The zero-order chi connectivity index (χ0) is 13.9. The molecule has 1 aliphatic heterocycles. The summed E-state index contributed by atoms with van der Waals surface area (Å²) < 4.78 is 1.46. The summed E-state index contributed by atoms with van der Waals surface area (Å²) >= 11 is 0. The Morgan fingerprint density at radius 1 is 1.45 bits per heavy atom. The SMILES string of the molecule is CCN(Cn1nnc2ccccc2c1=O)C1CCNC1. The van der Waals surface area contributed by atoms with E-state index in [0.29, 0.717) is 23.6 Å². The van der Waals surface area contributed by atoms with Gasteiger partial charge in [0.25, 0.3) is 5.56 Å². The Morgan fingerprint density at radius 2 is 2.30 bits per heavy atom. The van der Waals surface area contributed by atoms with E-state index >= 15 is 0 Å². The Labute approximate surface area is 117 Å². The Morgan fingerprint density at radius 3 is 3.05 bits per heavy atom. The van der Waals surface area contributed by atoms with Crippen molar-refractivity contribution >= 4 is 10.9 Å². The van der Waals surface area contributed by atoms with Gasteiger partial charge in [0.1, 0.15) is 5.52 Å². The molecule has 0 bridgehead atoms. The number of fused-ring (bicyclic) bond motifs is 1. The van der Waals surface area contributed by atoms with Crippen molar-refractivity contribution in [2.45, 2.75) is 26.1 Å². The Kier molecular flexibility index (Phi) is 3.75. The third-order valence-corrected chi connectivity index (χ3v) is 3.90. The summed E-state index contributed by atoms with van der Waals surface area (Å²) in [5.74, 6) is 0. The van der Waals surface area contributed by atoms with Gasteiger partial charge in [-0.05, 0) is 31.6 Å². The van der Waals surface area contributed by atoms with E-state index in [2.05, 4.69) is 27.5 Å². The van der Waals surface area contributed by atoms with E-state index in [9.17, 15) is 4.79 Å². The van der Waals surface area contributed by atoms with Crippen LogP contribution in [0.3, 0.4) is 0 Å². The second kappa shape index (κ2) is 5.68. The first-order valence-corrected chi connectivity index (χ1v) is 7.07. The highest BCUT2D eigenvalue weighted by atomic mass is 16.1. The molecule has 0 aliphatic carbocycles. The van der Waals surface area contributed by atoms with Crippen molar-refractivity contribution in [2.75, 3.05) is 19.6 Å². The molecule has 1 aromatic heterocycles. The number of nitrogens with zero attached hydrogens (tertiary/aromatic N) is 4. The minimum Gasteiger partial charge on any atom is -0.315 e. The van der Waals surface area contributed by atoms with Crippen molar-refractivity contribution in [3.63, 3.8) is 0 Å². The molecule has 1 N–H and O–H groups in total. The van der Waals surface area contributed by atoms with Crippen molar-refractivity contribution in [3.05, 3.63) is 34.6 Å². The van der Waals surface area contributed by atoms with Crippen molar-refractivity contribution in [3.8, 4) is 0 Å². The quantitative estimate of drug-likeness (QED) is 0.875. The van der Waals surface area contributed by atoms with Gasteiger partial charge in [-0.15, -0.1) is 5.10 Å². The normalized spacial score (nSPS) is 19.0. The van der Waals surface area contributed by atoms with Gasteiger partial charge in [0, 0.05) is 12.6 Å². The number of hydrogen-bond donors (Lipinski definition) is 1. The number of hydrogen-bond acceptors (Lipinski definition) is 5. The molecule has 0 radical (unpaired) electrons. The van der Waals surface area contributed by atoms with Crippen LogP contribution in [-0.2, 0) is 6.67 Å². The highest BCUT2D eigenvalue weighted by Crippen LogP contribution is 2.09. The molecular formula is C14H19N5O. The molecule has 1 aliphatic rings. The summed E-state index contributed by atoms with van der Waals surface area (Å²) in [6.45, 7) is 5.52. The summed E-state index contributed by atoms with van der Waals surface area (Å²) in [6, 6.07) is 7.81. The van der Waals surface area contributed by atoms with E-state index in [0.717, 1.165) is 26.1 Å². The van der Waals surface area contributed by atoms with Gasteiger partial charge in [-0.25, -0.2) is 0 Å². The van der Waals surface area contributed by atoms with Crippen LogP contribution in [0, 0.1) is 0 Å². The Bertz CT molecular complexity index is 647. The van der Waals surface area contributed by atoms with Gasteiger partial charge in [0.2, 0.25) is 0 Å². The number of rotatable bonds is 4. The lowest BCUT2D eigenvalue weighted by atomic mass is 10.2. The van der Waals surface area contributed by atoms with Crippen LogP contribution < -0.4 is 10.9 Å². The lowest BCUT2D eigenvalue weighted by Crippen LogP contribution is -2.41. The first kappa shape index (κ1) is 13.2. The van der Waals surface area contributed by atoms with Crippen LogP contribution in [-0.4, -0.2) is 45.6 Å². The molecule has 2 heterocycles. The first-order valence-electron chi connectivity index (χ1n) is 7.07. The van der Waals surface area contributed by atoms with Gasteiger partial charge in [0.15, 0.2) is 0 Å². The van der Waals surface area contributed by atoms with E-state index in [4.69, 9.17) is 0 Å². The van der Waals surface area contributed by atoms with Gasteiger partial charge in [-0.1, -0.05) is 24.3 Å². The third kappa shape index (κ3) is 2.44. The minimum atomic E-state index is -0.0694. The van der Waals surface area contributed by atoms with Crippen LogP contribution in [0.5, 0.6) is 0 Å². The van der Waals surface area contributed by atoms with Crippen molar-refractivity contribution in [2.24, 2.45) is 0 Å². The average molecular weight is 273 g/mol. The predicted molar refractivity (Wildman–Crippen MR) is 77.5 cm³/mol. The number of likely N-dealkylation sites (N-methyl/N-ethyl adjacent to an activating group) is 1. The largest absolute Gasteiger partial charge is 0.315 e. The van der Waals surface area contributed by atoms with Crippen LogP contribution in [0.15, 0.2) is 29.1 Å². The topological polar surface area (TPSA) is 63.1 Å². The lowest BCUT2D eigenvalue weighted by molar-refractivity contribution is 0.156. The molecule has 1 aromatic carbocycles. The van der Waals surface area contributed by atoms with Gasteiger partial charge in [-0.3, -0.25) is 9.69 Å². The van der Waals surface area contributed by atoms with Crippen LogP contribution in [0.1, 0.15) is 13.3 Å². The van der Waals surface area contributed by atoms with Gasteiger partial charge < -0.3 is 5.32 Å². The fraction of sp³-hybridized carbons (Fsp3) is 0.500. The van der Waals surface area contributed by atoms with E-state index in [1.54, 1.807) is 6.07 Å². The number of benzene rings is 1. The van der Waals surface area contributed by atoms with Crippen molar-refractivity contribution in [1.82, 2.24) is 25.2 Å². The zero-order valence-corrected chi connectivity index (χ0v) is 11.6. The summed E-state index contributed by atoms with van der Waals surface area (Å²) in [4.78, 5) is 14.7. The van der Waals surface area contributed by atoms with Crippen molar-refractivity contribution in [1.29, 1.82) is 0 Å². The maximum Gasteiger partial charge on any atom is 0.278 e. The smallest absolute Gasteiger partial charge is 0.278 e. The van der Waals surface area contributed by atoms with Crippen LogP contribution in [0.25, 0.3) is 10.9 Å². The molecule has 1 saturated heterocycles. The van der Waals surface area contributed by atoms with Crippen LogP contribution in [0.4, 0.5) is 0 Å². The second-order valence-electron chi connectivity index (χ2n) is 5.10. The molecule has 2 aromatic rings. The van der Waals surface area contributed by atoms with E-state index in [1.807, 2.05) is 18.2 Å². The Hall–Kier alpha value is -1.79. The molecule has 0 amide bonds. The highest BCUT2D eigenvalue weighted by Gasteiger charge is 2.22. The lowest BCUT2D eigenvalue weighted by Gasteiger charge is -2.26. The number of nitrogens with one attached hydrogen (secondary N) is 1. The average Bonchev–Trinajstić information content (AvgIpc) is 3.01. The molecule has 1 unspecified atom stereocenters. The monoisotopic (exact) mass is 273 g/mol. The molecule has 3 rings (SSSR count). The molecule has 106 valence electrons. The van der Waals surface area contributed by atoms with Gasteiger partial charge in [-0.2, -0.15) is 4.68 Å². The van der Waals surface area contributed by atoms with Crippen molar-refractivity contribution < 1.29 is 0 Å². The summed E-state index contributed by atoms with van der Waals surface area (Å²) in [5.41, 5.74) is 0.583. The molecule has 1 fully saturated rings. The fourth-order valence-electron chi connectivity index (χ4n) is 2.71. The van der Waals surface area contributed by atoms with Gasteiger partial charge >= 0.3 is 0 Å². The molecule has 6 heteroatoms. The first-order chi connectivity index (χ1) is 9.79. The van der Waals surface area contributed by atoms with Gasteiger partial charge in [0.05, 0.1) is 12.1 Å².